The number of ether oxygens (including phenoxy) is 1. The summed E-state index contributed by atoms with van der Waals surface area (Å²) in [5, 5.41) is 13.7. The van der Waals surface area contributed by atoms with Gasteiger partial charge in [0.25, 0.3) is 0 Å². The summed E-state index contributed by atoms with van der Waals surface area (Å²) in [5.74, 6) is 3.10. The van der Waals surface area contributed by atoms with Crippen molar-refractivity contribution in [3.05, 3.63) is 77.2 Å². The van der Waals surface area contributed by atoms with Crippen LogP contribution in [-0.4, -0.2) is 24.9 Å². The van der Waals surface area contributed by atoms with E-state index in [1.165, 1.54) is 11.8 Å². The molecule has 0 fully saturated rings. The van der Waals surface area contributed by atoms with Gasteiger partial charge in [-0.25, -0.2) is 0 Å². The van der Waals surface area contributed by atoms with Crippen molar-refractivity contribution >= 4 is 11.8 Å². The van der Waals surface area contributed by atoms with Gasteiger partial charge in [0.15, 0.2) is 16.8 Å². The Balaban J connectivity index is 1.62. The fourth-order valence-electron chi connectivity index (χ4n) is 3.33. The summed E-state index contributed by atoms with van der Waals surface area (Å²) in [5.41, 5.74) is 3.16. The number of nitrogens with zero attached hydrogens (tertiary/aromatic N) is 5. The van der Waals surface area contributed by atoms with E-state index in [-0.39, 0.29) is 11.2 Å². The van der Waals surface area contributed by atoms with Gasteiger partial charge in [-0.1, -0.05) is 67.2 Å². The van der Waals surface area contributed by atoms with E-state index in [1.807, 2.05) is 87.7 Å². The maximum atomic E-state index is 6.17. The number of para-hydroxylation sites is 2. The number of aryl methyl sites for hydroxylation is 2. The zero-order valence-corrected chi connectivity index (χ0v) is 19.8. The molecule has 4 aromatic rings. The SMILES string of the molecule is Cc1cccc(C)c1OCc1nnc(SC(C)c2nc(C(C)C)no2)n1-c1ccccc1. The molecule has 32 heavy (non-hydrogen) atoms. The fourth-order valence-corrected chi connectivity index (χ4v) is 4.24. The maximum absolute atomic E-state index is 6.17. The molecule has 1 unspecified atom stereocenters. The third-order valence-electron chi connectivity index (χ3n) is 5.07. The summed E-state index contributed by atoms with van der Waals surface area (Å²) in [7, 11) is 0. The lowest BCUT2D eigenvalue weighted by Crippen LogP contribution is -2.08. The Bertz CT molecular complexity index is 1170. The normalized spacial score (nSPS) is 12.3. The first kappa shape index (κ1) is 22.1. The Kier molecular flexibility index (Phi) is 6.60. The minimum absolute atomic E-state index is 0.0750. The van der Waals surface area contributed by atoms with E-state index in [0.29, 0.717) is 18.3 Å². The molecular weight excluding hydrogens is 422 g/mol. The molecule has 1 atom stereocenters. The van der Waals surface area contributed by atoms with Crippen molar-refractivity contribution in [1.82, 2.24) is 24.9 Å². The number of aromatic nitrogens is 5. The van der Waals surface area contributed by atoms with Crippen LogP contribution in [-0.2, 0) is 6.61 Å². The summed E-state index contributed by atoms with van der Waals surface area (Å²) in [4.78, 5) is 4.53. The fraction of sp³-hybridized carbons (Fsp3) is 0.333. The van der Waals surface area contributed by atoms with Crippen LogP contribution in [0.2, 0.25) is 0 Å². The summed E-state index contributed by atoms with van der Waals surface area (Å²) >= 11 is 1.53. The van der Waals surface area contributed by atoms with Crippen LogP contribution in [0.25, 0.3) is 5.69 Å². The van der Waals surface area contributed by atoms with Gasteiger partial charge in [-0.2, -0.15) is 4.98 Å². The van der Waals surface area contributed by atoms with E-state index < -0.39 is 0 Å². The molecule has 0 radical (unpaired) electrons. The number of benzene rings is 2. The van der Waals surface area contributed by atoms with E-state index in [2.05, 4.69) is 20.3 Å². The zero-order valence-electron chi connectivity index (χ0n) is 18.9. The van der Waals surface area contributed by atoms with Gasteiger partial charge in [-0.3, -0.25) is 4.57 Å². The molecule has 2 aromatic carbocycles. The van der Waals surface area contributed by atoms with E-state index in [4.69, 9.17) is 9.26 Å². The Labute approximate surface area is 192 Å². The van der Waals surface area contributed by atoms with E-state index in [9.17, 15) is 0 Å². The Hall–Kier alpha value is -3.13. The lowest BCUT2D eigenvalue weighted by Gasteiger charge is -2.14. The number of hydrogen-bond acceptors (Lipinski definition) is 7. The third-order valence-corrected chi connectivity index (χ3v) is 6.10. The molecule has 2 aromatic heterocycles. The quantitative estimate of drug-likeness (QED) is 0.313. The molecular formula is C24H27N5O2S. The van der Waals surface area contributed by atoms with Gasteiger partial charge in [0.1, 0.15) is 12.4 Å². The summed E-state index contributed by atoms with van der Waals surface area (Å²) in [6, 6.07) is 16.2. The predicted octanol–water partition coefficient (Wildman–Crippen LogP) is 5.82. The summed E-state index contributed by atoms with van der Waals surface area (Å²) < 4.78 is 13.7. The van der Waals surface area contributed by atoms with Crippen molar-refractivity contribution < 1.29 is 9.26 Å². The topological polar surface area (TPSA) is 78.9 Å². The average Bonchev–Trinajstić information content (AvgIpc) is 3.42. The van der Waals surface area contributed by atoms with Gasteiger partial charge in [-0.05, 0) is 44.0 Å². The molecule has 2 heterocycles. The van der Waals surface area contributed by atoms with Gasteiger partial charge in [-0.15, -0.1) is 10.2 Å². The molecule has 0 spiro atoms. The minimum atomic E-state index is -0.0750. The second kappa shape index (κ2) is 9.56. The van der Waals surface area contributed by atoms with Crippen LogP contribution in [0.15, 0.2) is 58.2 Å². The van der Waals surface area contributed by atoms with Gasteiger partial charge in [0, 0.05) is 11.6 Å². The summed E-state index contributed by atoms with van der Waals surface area (Å²) in [6.07, 6.45) is 0. The Morgan fingerprint density at radius 2 is 1.69 bits per heavy atom. The number of hydrogen-bond donors (Lipinski definition) is 0. The molecule has 0 saturated heterocycles. The van der Waals surface area contributed by atoms with Crippen LogP contribution in [0.3, 0.4) is 0 Å². The first-order valence-corrected chi connectivity index (χ1v) is 11.5. The third kappa shape index (κ3) is 4.70. The van der Waals surface area contributed by atoms with Crippen LogP contribution >= 0.6 is 11.8 Å². The minimum Gasteiger partial charge on any atom is -0.485 e. The molecule has 8 heteroatoms. The van der Waals surface area contributed by atoms with Crippen LogP contribution < -0.4 is 4.74 Å². The standard InChI is InChI=1S/C24H27N5O2S/c1-15(2)22-25-23(31-28-22)18(5)32-24-27-26-20(29(24)19-12-7-6-8-13-19)14-30-21-16(3)10-9-11-17(21)4/h6-13,15,18H,14H2,1-5H3. The van der Waals surface area contributed by atoms with Gasteiger partial charge in [0.2, 0.25) is 5.89 Å². The van der Waals surface area contributed by atoms with Crippen molar-refractivity contribution in [1.29, 1.82) is 0 Å². The van der Waals surface area contributed by atoms with Crippen LogP contribution in [0.1, 0.15) is 60.6 Å². The molecule has 0 amide bonds. The second-order valence-electron chi connectivity index (χ2n) is 7.98. The largest absolute Gasteiger partial charge is 0.485 e. The maximum Gasteiger partial charge on any atom is 0.239 e. The van der Waals surface area contributed by atoms with Crippen molar-refractivity contribution in [2.24, 2.45) is 0 Å². The molecule has 0 aliphatic carbocycles. The molecule has 7 nitrogen and oxygen atoms in total. The predicted molar refractivity (Wildman–Crippen MR) is 124 cm³/mol. The number of rotatable bonds is 8. The van der Waals surface area contributed by atoms with Gasteiger partial charge >= 0.3 is 0 Å². The molecule has 0 aliphatic heterocycles. The Morgan fingerprint density at radius 1 is 0.969 bits per heavy atom. The van der Waals surface area contributed by atoms with Crippen LogP contribution in [0.5, 0.6) is 5.75 Å². The molecule has 0 N–H and O–H groups in total. The average molecular weight is 450 g/mol. The van der Waals surface area contributed by atoms with E-state index >= 15 is 0 Å². The summed E-state index contributed by atoms with van der Waals surface area (Å²) in [6.45, 7) is 10.5. The first-order chi connectivity index (χ1) is 15.4. The van der Waals surface area contributed by atoms with E-state index in [0.717, 1.165) is 33.5 Å². The first-order valence-electron chi connectivity index (χ1n) is 10.6. The highest BCUT2D eigenvalue weighted by Gasteiger charge is 2.22. The highest BCUT2D eigenvalue weighted by Crippen LogP contribution is 2.35. The highest BCUT2D eigenvalue weighted by atomic mass is 32.2. The molecule has 166 valence electrons. The molecule has 0 saturated carbocycles. The lowest BCUT2D eigenvalue weighted by molar-refractivity contribution is 0.289. The van der Waals surface area contributed by atoms with Crippen LogP contribution in [0, 0.1) is 13.8 Å². The zero-order chi connectivity index (χ0) is 22.7. The molecule has 0 bridgehead atoms. The Morgan fingerprint density at radius 3 is 2.34 bits per heavy atom. The smallest absolute Gasteiger partial charge is 0.239 e. The van der Waals surface area contributed by atoms with Gasteiger partial charge < -0.3 is 9.26 Å². The monoisotopic (exact) mass is 449 g/mol. The van der Waals surface area contributed by atoms with Crippen molar-refractivity contribution in [3.63, 3.8) is 0 Å². The van der Waals surface area contributed by atoms with E-state index in [1.54, 1.807) is 0 Å². The lowest BCUT2D eigenvalue weighted by atomic mass is 10.1. The molecule has 4 rings (SSSR count). The van der Waals surface area contributed by atoms with Crippen molar-refractivity contribution in [2.45, 2.75) is 57.5 Å². The van der Waals surface area contributed by atoms with Crippen molar-refractivity contribution in [3.8, 4) is 11.4 Å². The number of thioether (sulfide) groups is 1. The van der Waals surface area contributed by atoms with Gasteiger partial charge in [0.05, 0.1) is 5.25 Å². The highest BCUT2D eigenvalue weighted by molar-refractivity contribution is 7.99. The second-order valence-corrected chi connectivity index (χ2v) is 9.29. The van der Waals surface area contributed by atoms with Crippen LogP contribution in [0.4, 0.5) is 0 Å². The molecule has 0 aliphatic rings. The van der Waals surface area contributed by atoms with Crippen molar-refractivity contribution in [2.75, 3.05) is 0 Å².